The molecular formula is C23H32N4O2. The summed E-state index contributed by atoms with van der Waals surface area (Å²) in [5.41, 5.74) is 3.01. The Kier molecular flexibility index (Phi) is 6.62. The Bertz CT molecular complexity index is 790. The first-order valence-corrected chi connectivity index (χ1v) is 10.9. The molecule has 0 saturated carbocycles. The first-order chi connectivity index (χ1) is 14.2. The minimum Gasteiger partial charge on any atom is -0.379 e. The van der Waals surface area contributed by atoms with E-state index in [1.54, 1.807) is 6.20 Å². The monoisotopic (exact) mass is 396 g/mol. The molecule has 156 valence electrons. The number of likely N-dealkylation sites (tertiary alicyclic amines) is 1. The molecular weight excluding hydrogens is 364 g/mol. The maximum Gasteiger partial charge on any atom is 0.257 e. The van der Waals surface area contributed by atoms with E-state index in [0.29, 0.717) is 12.5 Å². The molecule has 4 rings (SSSR count). The second-order valence-corrected chi connectivity index (χ2v) is 8.15. The second-order valence-electron chi connectivity index (χ2n) is 8.15. The Hall–Kier alpha value is -2.18. The van der Waals surface area contributed by atoms with Crippen LogP contribution in [0.5, 0.6) is 0 Å². The number of amides is 1. The SMILES string of the molecule is CCc1c(C(=O)N2CCC(CN3CCOCC3)CC2)cnn1Cc1ccccc1. The fourth-order valence-corrected chi connectivity index (χ4v) is 4.49. The van der Waals surface area contributed by atoms with Crippen molar-refractivity contribution in [1.82, 2.24) is 19.6 Å². The zero-order valence-corrected chi connectivity index (χ0v) is 17.4. The maximum absolute atomic E-state index is 13.2. The largest absolute Gasteiger partial charge is 0.379 e. The molecule has 0 atom stereocenters. The van der Waals surface area contributed by atoms with Crippen molar-refractivity contribution >= 4 is 5.91 Å². The molecule has 1 amide bonds. The third-order valence-electron chi connectivity index (χ3n) is 6.21. The van der Waals surface area contributed by atoms with Crippen LogP contribution in [-0.4, -0.2) is 71.4 Å². The first kappa shape index (κ1) is 20.1. The number of carbonyl (C=O) groups excluding carboxylic acids is 1. The van der Waals surface area contributed by atoms with Gasteiger partial charge in [-0.05, 0) is 30.7 Å². The average molecular weight is 397 g/mol. The summed E-state index contributed by atoms with van der Waals surface area (Å²) >= 11 is 0. The number of carbonyl (C=O) groups is 1. The Morgan fingerprint density at radius 2 is 1.83 bits per heavy atom. The number of ether oxygens (including phenoxy) is 1. The van der Waals surface area contributed by atoms with Crippen molar-refractivity contribution in [2.75, 3.05) is 45.9 Å². The molecule has 6 heteroatoms. The second kappa shape index (κ2) is 9.55. The molecule has 0 spiro atoms. The van der Waals surface area contributed by atoms with E-state index in [9.17, 15) is 4.79 Å². The Morgan fingerprint density at radius 1 is 1.10 bits per heavy atom. The number of piperidine rings is 1. The molecule has 1 aromatic heterocycles. The molecule has 0 bridgehead atoms. The topological polar surface area (TPSA) is 50.6 Å². The van der Waals surface area contributed by atoms with Crippen molar-refractivity contribution in [3.63, 3.8) is 0 Å². The third kappa shape index (κ3) is 4.87. The number of aromatic nitrogens is 2. The van der Waals surface area contributed by atoms with Gasteiger partial charge >= 0.3 is 0 Å². The highest BCUT2D eigenvalue weighted by Crippen LogP contribution is 2.22. The summed E-state index contributed by atoms with van der Waals surface area (Å²) in [4.78, 5) is 17.7. The number of rotatable bonds is 6. The van der Waals surface area contributed by atoms with Gasteiger partial charge in [-0.3, -0.25) is 14.4 Å². The summed E-state index contributed by atoms with van der Waals surface area (Å²) in [6, 6.07) is 10.3. The molecule has 29 heavy (non-hydrogen) atoms. The molecule has 2 saturated heterocycles. The van der Waals surface area contributed by atoms with Crippen molar-refractivity contribution in [2.24, 2.45) is 5.92 Å². The molecule has 0 aliphatic carbocycles. The zero-order valence-electron chi connectivity index (χ0n) is 17.4. The number of benzene rings is 1. The van der Waals surface area contributed by atoms with Crippen LogP contribution in [0.3, 0.4) is 0 Å². The Balaban J connectivity index is 1.36. The van der Waals surface area contributed by atoms with Crippen LogP contribution in [0.2, 0.25) is 0 Å². The lowest BCUT2D eigenvalue weighted by molar-refractivity contribution is 0.0242. The van der Waals surface area contributed by atoms with E-state index in [1.165, 1.54) is 5.56 Å². The van der Waals surface area contributed by atoms with Gasteiger partial charge < -0.3 is 9.64 Å². The van der Waals surface area contributed by atoms with E-state index in [1.807, 2.05) is 27.8 Å². The summed E-state index contributed by atoms with van der Waals surface area (Å²) in [7, 11) is 0. The van der Waals surface area contributed by atoms with Crippen LogP contribution in [0.1, 0.15) is 41.4 Å². The molecule has 6 nitrogen and oxygen atoms in total. The maximum atomic E-state index is 13.2. The van der Waals surface area contributed by atoms with E-state index in [2.05, 4.69) is 29.1 Å². The Labute approximate surface area is 173 Å². The summed E-state index contributed by atoms with van der Waals surface area (Å²) < 4.78 is 7.43. The van der Waals surface area contributed by atoms with Crippen LogP contribution in [0, 0.1) is 5.92 Å². The van der Waals surface area contributed by atoms with Crippen LogP contribution in [-0.2, 0) is 17.7 Å². The molecule has 3 heterocycles. The minimum absolute atomic E-state index is 0.144. The van der Waals surface area contributed by atoms with Gasteiger partial charge in [0, 0.05) is 32.7 Å². The fraction of sp³-hybridized carbons (Fsp3) is 0.565. The summed E-state index contributed by atoms with van der Waals surface area (Å²) in [5, 5.41) is 4.54. The van der Waals surface area contributed by atoms with Crippen LogP contribution in [0.15, 0.2) is 36.5 Å². The van der Waals surface area contributed by atoms with Crippen molar-refractivity contribution < 1.29 is 9.53 Å². The third-order valence-corrected chi connectivity index (χ3v) is 6.21. The van der Waals surface area contributed by atoms with E-state index in [0.717, 1.165) is 76.5 Å². The van der Waals surface area contributed by atoms with Gasteiger partial charge in [0.05, 0.1) is 37.2 Å². The number of nitrogens with zero attached hydrogens (tertiary/aromatic N) is 4. The number of hydrogen-bond donors (Lipinski definition) is 0. The standard InChI is InChI=1S/C23H32N4O2/c1-2-22-21(16-24-27(22)18-19-6-4-3-5-7-19)23(28)26-10-8-20(9-11-26)17-25-12-14-29-15-13-25/h3-7,16,20H,2,8-15,17-18H2,1H3. The van der Waals surface area contributed by atoms with Crippen LogP contribution >= 0.6 is 0 Å². The molecule has 0 N–H and O–H groups in total. The Morgan fingerprint density at radius 3 is 2.52 bits per heavy atom. The van der Waals surface area contributed by atoms with Gasteiger partial charge in [-0.15, -0.1) is 0 Å². The van der Waals surface area contributed by atoms with Crippen LogP contribution in [0.4, 0.5) is 0 Å². The predicted octanol–water partition coefficient (Wildman–Crippen LogP) is 2.68. The van der Waals surface area contributed by atoms with Gasteiger partial charge in [0.15, 0.2) is 0 Å². The van der Waals surface area contributed by atoms with Crippen molar-refractivity contribution in [1.29, 1.82) is 0 Å². The van der Waals surface area contributed by atoms with Gasteiger partial charge in [-0.25, -0.2) is 0 Å². The molecule has 0 radical (unpaired) electrons. The van der Waals surface area contributed by atoms with Crippen LogP contribution < -0.4 is 0 Å². The lowest BCUT2D eigenvalue weighted by atomic mass is 9.95. The van der Waals surface area contributed by atoms with Crippen molar-refractivity contribution in [3.8, 4) is 0 Å². The van der Waals surface area contributed by atoms with E-state index in [4.69, 9.17) is 4.74 Å². The van der Waals surface area contributed by atoms with Gasteiger partial charge in [-0.2, -0.15) is 5.10 Å². The summed E-state index contributed by atoms with van der Waals surface area (Å²) in [6.45, 7) is 9.43. The van der Waals surface area contributed by atoms with Gasteiger partial charge in [0.25, 0.3) is 5.91 Å². The summed E-state index contributed by atoms with van der Waals surface area (Å²) in [5.74, 6) is 0.828. The van der Waals surface area contributed by atoms with Gasteiger partial charge in [0.2, 0.25) is 0 Å². The summed E-state index contributed by atoms with van der Waals surface area (Å²) in [6.07, 6.45) is 4.75. The smallest absolute Gasteiger partial charge is 0.257 e. The lowest BCUT2D eigenvalue weighted by Crippen LogP contribution is -2.44. The van der Waals surface area contributed by atoms with Gasteiger partial charge in [-0.1, -0.05) is 37.3 Å². The van der Waals surface area contributed by atoms with E-state index >= 15 is 0 Å². The fourth-order valence-electron chi connectivity index (χ4n) is 4.49. The van der Waals surface area contributed by atoms with E-state index in [-0.39, 0.29) is 5.91 Å². The zero-order chi connectivity index (χ0) is 20.1. The van der Waals surface area contributed by atoms with E-state index < -0.39 is 0 Å². The average Bonchev–Trinajstić information content (AvgIpc) is 3.17. The number of hydrogen-bond acceptors (Lipinski definition) is 4. The first-order valence-electron chi connectivity index (χ1n) is 10.9. The van der Waals surface area contributed by atoms with Gasteiger partial charge in [0.1, 0.15) is 0 Å². The highest BCUT2D eigenvalue weighted by molar-refractivity contribution is 5.95. The lowest BCUT2D eigenvalue weighted by Gasteiger charge is -2.36. The highest BCUT2D eigenvalue weighted by Gasteiger charge is 2.27. The molecule has 2 fully saturated rings. The number of morpholine rings is 1. The van der Waals surface area contributed by atoms with Crippen molar-refractivity contribution in [3.05, 3.63) is 53.3 Å². The molecule has 1 aromatic carbocycles. The van der Waals surface area contributed by atoms with Crippen molar-refractivity contribution in [2.45, 2.75) is 32.7 Å². The molecule has 0 unspecified atom stereocenters. The minimum atomic E-state index is 0.144. The highest BCUT2D eigenvalue weighted by atomic mass is 16.5. The quantitative estimate of drug-likeness (QED) is 0.753. The van der Waals surface area contributed by atoms with Crippen LogP contribution in [0.25, 0.3) is 0 Å². The molecule has 2 aromatic rings. The molecule has 2 aliphatic rings. The molecule has 2 aliphatic heterocycles. The normalized spacial score (nSPS) is 18.9. The predicted molar refractivity (Wildman–Crippen MR) is 113 cm³/mol.